The molecule has 0 spiro atoms. The van der Waals surface area contributed by atoms with Crippen molar-refractivity contribution in [2.75, 3.05) is 10.8 Å². The van der Waals surface area contributed by atoms with Crippen LogP contribution in [0, 0.1) is 6.92 Å². The Bertz CT molecular complexity index is 1420. The van der Waals surface area contributed by atoms with Crippen molar-refractivity contribution in [1.82, 2.24) is 15.0 Å². The van der Waals surface area contributed by atoms with Crippen LogP contribution < -0.4 is 9.04 Å². The van der Waals surface area contributed by atoms with Gasteiger partial charge in [0.2, 0.25) is 0 Å². The summed E-state index contributed by atoms with van der Waals surface area (Å²) < 4.78 is 33.9. The van der Waals surface area contributed by atoms with Crippen LogP contribution in [0.25, 0.3) is 11.0 Å². The highest BCUT2D eigenvalue weighted by Gasteiger charge is 2.30. The molecule has 0 unspecified atom stereocenters. The Morgan fingerprint density at radius 1 is 1.03 bits per heavy atom. The van der Waals surface area contributed by atoms with Gasteiger partial charge in [0.15, 0.2) is 5.65 Å². The van der Waals surface area contributed by atoms with Gasteiger partial charge in [-0.2, -0.15) is 0 Å². The van der Waals surface area contributed by atoms with E-state index in [4.69, 9.17) is 4.74 Å². The van der Waals surface area contributed by atoms with Gasteiger partial charge < -0.3 is 9.84 Å². The number of carboxylic acids is 1. The normalized spacial score (nSPS) is 11.3. The fourth-order valence-electron chi connectivity index (χ4n) is 3.38. The first-order chi connectivity index (χ1) is 15.8. The number of hydrogen-bond donors (Lipinski definition) is 1. The lowest BCUT2D eigenvalue weighted by atomic mass is 10.1. The summed E-state index contributed by atoms with van der Waals surface area (Å²) in [5.74, 6) is -0.272. The number of benzene rings is 1. The Labute approximate surface area is 190 Å². The minimum atomic E-state index is -4.10. The molecule has 168 valence electrons. The van der Waals surface area contributed by atoms with Crippen LogP contribution in [0.4, 0.5) is 5.69 Å². The standard InChI is InChI=1S/C23H20N4O5S/c1-3-27(21-19-9-4-15(2)26-22(19)25-14-20(21)23(28)29)33(30,31)18-7-5-16(6-8-18)32-17-10-12-24-13-11-17/h4-14H,3H2,1-2H3,(H,28,29). The number of carboxylic acid groups (broad SMARTS) is 1. The van der Waals surface area contributed by atoms with Gasteiger partial charge in [-0.1, -0.05) is 0 Å². The predicted molar refractivity (Wildman–Crippen MR) is 122 cm³/mol. The molecule has 0 amide bonds. The number of anilines is 1. The molecular formula is C23H20N4O5S. The first-order valence-electron chi connectivity index (χ1n) is 10.0. The number of aromatic nitrogens is 3. The molecule has 1 aromatic carbocycles. The first kappa shape index (κ1) is 22.2. The smallest absolute Gasteiger partial charge is 0.339 e. The highest BCUT2D eigenvalue weighted by atomic mass is 32.2. The topological polar surface area (TPSA) is 123 Å². The van der Waals surface area contributed by atoms with Crippen molar-refractivity contribution in [2.45, 2.75) is 18.7 Å². The predicted octanol–water partition coefficient (Wildman–Crippen LogP) is 4.04. The molecule has 0 aliphatic rings. The summed E-state index contributed by atoms with van der Waals surface area (Å²) in [4.78, 5) is 24.3. The molecule has 0 atom stereocenters. The summed E-state index contributed by atoms with van der Waals surface area (Å²) >= 11 is 0. The van der Waals surface area contributed by atoms with Crippen LogP contribution in [-0.2, 0) is 10.0 Å². The van der Waals surface area contributed by atoms with Crippen molar-refractivity contribution in [3.63, 3.8) is 0 Å². The number of rotatable bonds is 7. The Morgan fingerprint density at radius 2 is 1.70 bits per heavy atom. The highest BCUT2D eigenvalue weighted by molar-refractivity contribution is 7.92. The minimum Gasteiger partial charge on any atom is -0.478 e. The van der Waals surface area contributed by atoms with Gasteiger partial charge in [0.1, 0.15) is 17.1 Å². The summed E-state index contributed by atoms with van der Waals surface area (Å²) in [5.41, 5.74) is 0.750. The largest absolute Gasteiger partial charge is 0.478 e. The molecule has 1 N–H and O–H groups in total. The molecule has 0 bridgehead atoms. The molecule has 33 heavy (non-hydrogen) atoms. The molecule has 3 aromatic heterocycles. The van der Waals surface area contributed by atoms with Crippen molar-refractivity contribution in [3.05, 3.63) is 78.4 Å². The molecule has 0 aliphatic carbocycles. The van der Waals surface area contributed by atoms with E-state index in [1.54, 1.807) is 50.5 Å². The number of aryl methyl sites for hydroxylation is 1. The van der Waals surface area contributed by atoms with E-state index in [0.29, 0.717) is 22.6 Å². The molecule has 0 radical (unpaired) electrons. The Kier molecular flexibility index (Phi) is 5.93. The second kappa shape index (κ2) is 8.83. The summed E-state index contributed by atoms with van der Waals surface area (Å²) in [5, 5.41) is 10.1. The number of hydrogen-bond acceptors (Lipinski definition) is 7. The molecule has 0 saturated carbocycles. The van der Waals surface area contributed by atoms with Gasteiger partial charge in [0.05, 0.1) is 10.6 Å². The number of sulfonamides is 1. The van der Waals surface area contributed by atoms with Crippen molar-refractivity contribution < 1.29 is 23.1 Å². The van der Waals surface area contributed by atoms with Crippen LogP contribution in [0.2, 0.25) is 0 Å². The van der Waals surface area contributed by atoms with Gasteiger partial charge in [-0.25, -0.2) is 23.2 Å². The average Bonchev–Trinajstić information content (AvgIpc) is 2.80. The van der Waals surface area contributed by atoms with Gasteiger partial charge in [0, 0.05) is 36.2 Å². The lowest BCUT2D eigenvalue weighted by Gasteiger charge is -2.25. The number of carbonyl (C=O) groups is 1. The first-order valence-corrected chi connectivity index (χ1v) is 11.5. The van der Waals surface area contributed by atoms with Crippen LogP contribution in [0.5, 0.6) is 11.5 Å². The minimum absolute atomic E-state index is 0.00483. The van der Waals surface area contributed by atoms with Gasteiger partial charge in [-0.05, 0) is 62.4 Å². The average molecular weight is 465 g/mol. The maximum Gasteiger partial charge on any atom is 0.339 e. The van der Waals surface area contributed by atoms with Crippen molar-refractivity contribution in [2.24, 2.45) is 0 Å². The lowest BCUT2D eigenvalue weighted by Crippen LogP contribution is -2.32. The second-order valence-electron chi connectivity index (χ2n) is 7.08. The van der Waals surface area contributed by atoms with Crippen molar-refractivity contribution >= 4 is 32.7 Å². The zero-order chi connectivity index (χ0) is 23.6. The van der Waals surface area contributed by atoms with Crippen LogP contribution in [0.15, 0.2) is 72.0 Å². The maximum atomic E-state index is 13.6. The van der Waals surface area contributed by atoms with E-state index in [1.165, 1.54) is 24.3 Å². The van der Waals surface area contributed by atoms with E-state index in [1.807, 2.05) is 0 Å². The van der Waals surface area contributed by atoms with Gasteiger partial charge in [0.25, 0.3) is 10.0 Å². The summed E-state index contributed by atoms with van der Waals surface area (Å²) in [6.07, 6.45) is 4.31. The Balaban J connectivity index is 1.78. The summed E-state index contributed by atoms with van der Waals surface area (Å²) in [7, 11) is -4.10. The molecule has 4 rings (SSSR count). The Hall–Kier alpha value is -4.05. The molecule has 10 heteroatoms. The van der Waals surface area contributed by atoms with E-state index in [9.17, 15) is 18.3 Å². The Morgan fingerprint density at radius 3 is 2.33 bits per heavy atom. The maximum absolute atomic E-state index is 13.6. The van der Waals surface area contributed by atoms with E-state index in [0.717, 1.165) is 10.5 Å². The third-order valence-electron chi connectivity index (χ3n) is 4.90. The fourth-order valence-corrected chi connectivity index (χ4v) is 4.89. The van der Waals surface area contributed by atoms with Gasteiger partial charge in [-0.3, -0.25) is 9.29 Å². The lowest BCUT2D eigenvalue weighted by molar-refractivity contribution is 0.0697. The number of fused-ring (bicyclic) bond motifs is 1. The summed E-state index contributed by atoms with van der Waals surface area (Å²) in [6, 6.07) is 12.6. The zero-order valence-corrected chi connectivity index (χ0v) is 18.7. The molecule has 0 saturated heterocycles. The third kappa shape index (κ3) is 4.33. The van der Waals surface area contributed by atoms with Crippen LogP contribution >= 0.6 is 0 Å². The molecule has 0 fully saturated rings. The van der Waals surface area contributed by atoms with E-state index in [2.05, 4.69) is 15.0 Å². The monoisotopic (exact) mass is 464 g/mol. The molecule has 0 aliphatic heterocycles. The summed E-state index contributed by atoms with van der Waals surface area (Å²) in [6.45, 7) is 3.42. The van der Waals surface area contributed by atoms with Crippen molar-refractivity contribution in [3.8, 4) is 11.5 Å². The fraction of sp³-hybridized carbons (Fsp3) is 0.130. The van der Waals surface area contributed by atoms with E-state index in [-0.39, 0.29) is 28.3 Å². The molecule has 9 nitrogen and oxygen atoms in total. The zero-order valence-electron chi connectivity index (χ0n) is 17.8. The number of pyridine rings is 3. The molecular weight excluding hydrogens is 444 g/mol. The molecule has 3 heterocycles. The third-order valence-corrected chi connectivity index (χ3v) is 6.79. The number of nitrogens with zero attached hydrogens (tertiary/aromatic N) is 4. The molecule has 4 aromatic rings. The number of ether oxygens (including phenoxy) is 1. The highest BCUT2D eigenvalue weighted by Crippen LogP contribution is 2.34. The van der Waals surface area contributed by atoms with E-state index >= 15 is 0 Å². The van der Waals surface area contributed by atoms with E-state index < -0.39 is 16.0 Å². The SMILES string of the molecule is CCN(c1c(C(=O)O)cnc2nc(C)ccc12)S(=O)(=O)c1ccc(Oc2ccncc2)cc1. The van der Waals surface area contributed by atoms with Crippen molar-refractivity contribution in [1.29, 1.82) is 0 Å². The van der Waals surface area contributed by atoms with Crippen LogP contribution in [0.3, 0.4) is 0 Å². The van der Waals surface area contributed by atoms with Crippen LogP contribution in [0.1, 0.15) is 23.0 Å². The quantitative estimate of drug-likeness (QED) is 0.435. The van der Waals surface area contributed by atoms with Gasteiger partial charge >= 0.3 is 5.97 Å². The van der Waals surface area contributed by atoms with Gasteiger partial charge in [-0.15, -0.1) is 0 Å². The van der Waals surface area contributed by atoms with Crippen LogP contribution in [-0.4, -0.2) is 41.0 Å². The number of aromatic carboxylic acids is 1. The second-order valence-corrected chi connectivity index (χ2v) is 8.94.